The van der Waals surface area contributed by atoms with E-state index in [4.69, 9.17) is 0 Å². The largest absolute Gasteiger partial charge is 0.366 e. The molecule has 0 saturated heterocycles. The van der Waals surface area contributed by atoms with Crippen LogP contribution in [-0.2, 0) is 6.54 Å². The fraction of sp³-hybridized carbons (Fsp3) is 0.267. The fourth-order valence-corrected chi connectivity index (χ4v) is 3.10. The number of ketones is 1. The van der Waals surface area contributed by atoms with Gasteiger partial charge in [-0.25, -0.2) is 0 Å². The molecule has 0 spiro atoms. The van der Waals surface area contributed by atoms with Crippen molar-refractivity contribution in [3.05, 3.63) is 50.6 Å². The molecule has 1 aromatic heterocycles. The van der Waals surface area contributed by atoms with Crippen LogP contribution in [0.4, 0.5) is 5.69 Å². The van der Waals surface area contributed by atoms with Crippen LogP contribution in [0.25, 0.3) is 0 Å². The molecule has 0 amide bonds. The SMILES string of the molecule is CCN(Cc1cccs1)c1ccc(Br)cc1C(C)=O. The van der Waals surface area contributed by atoms with Crippen molar-refractivity contribution in [3.63, 3.8) is 0 Å². The molecule has 0 bridgehead atoms. The number of halogens is 1. The molecule has 0 aliphatic rings. The lowest BCUT2D eigenvalue weighted by molar-refractivity contribution is 0.101. The van der Waals surface area contributed by atoms with Gasteiger partial charge in [0.25, 0.3) is 0 Å². The number of carbonyl (C=O) groups excluding carboxylic acids is 1. The van der Waals surface area contributed by atoms with Crippen molar-refractivity contribution in [2.24, 2.45) is 0 Å². The van der Waals surface area contributed by atoms with Crippen molar-refractivity contribution in [3.8, 4) is 0 Å². The van der Waals surface area contributed by atoms with Gasteiger partial charge in [0.05, 0.1) is 6.54 Å². The summed E-state index contributed by atoms with van der Waals surface area (Å²) < 4.78 is 0.939. The number of hydrogen-bond donors (Lipinski definition) is 0. The monoisotopic (exact) mass is 337 g/mol. The van der Waals surface area contributed by atoms with Gasteiger partial charge in [0.2, 0.25) is 0 Å². The van der Waals surface area contributed by atoms with Crippen LogP contribution in [0.2, 0.25) is 0 Å². The highest BCUT2D eigenvalue weighted by atomic mass is 79.9. The molecule has 1 heterocycles. The van der Waals surface area contributed by atoms with E-state index in [-0.39, 0.29) is 5.78 Å². The molecule has 19 heavy (non-hydrogen) atoms. The molecule has 0 aliphatic carbocycles. The standard InChI is InChI=1S/C15H16BrNOS/c1-3-17(10-13-5-4-8-19-13)15-7-6-12(16)9-14(15)11(2)18/h4-9H,3,10H2,1-2H3. The van der Waals surface area contributed by atoms with Gasteiger partial charge in [-0.05, 0) is 43.5 Å². The minimum Gasteiger partial charge on any atom is -0.366 e. The summed E-state index contributed by atoms with van der Waals surface area (Å²) in [7, 11) is 0. The Hall–Kier alpha value is -1.13. The third-order valence-corrected chi connectivity index (χ3v) is 4.34. The maximum absolute atomic E-state index is 11.8. The molecule has 0 N–H and O–H groups in total. The zero-order valence-electron chi connectivity index (χ0n) is 11.0. The third kappa shape index (κ3) is 3.45. The van der Waals surface area contributed by atoms with Crippen molar-refractivity contribution >= 4 is 38.7 Å². The van der Waals surface area contributed by atoms with Crippen molar-refractivity contribution in [1.29, 1.82) is 0 Å². The number of rotatable bonds is 5. The van der Waals surface area contributed by atoms with Gasteiger partial charge in [0.1, 0.15) is 0 Å². The molecule has 2 aromatic rings. The number of carbonyl (C=O) groups is 1. The van der Waals surface area contributed by atoms with Crippen molar-refractivity contribution in [2.45, 2.75) is 20.4 Å². The molecule has 2 rings (SSSR count). The summed E-state index contributed by atoms with van der Waals surface area (Å²) in [5, 5.41) is 2.08. The van der Waals surface area contributed by atoms with E-state index in [1.807, 2.05) is 18.2 Å². The number of thiophene rings is 1. The maximum Gasteiger partial charge on any atom is 0.161 e. The zero-order chi connectivity index (χ0) is 13.8. The van der Waals surface area contributed by atoms with E-state index in [0.717, 1.165) is 28.8 Å². The summed E-state index contributed by atoms with van der Waals surface area (Å²) in [6.45, 7) is 5.44. The molecule has 100 valence electrons. The second-order valence-corrected chi connectivity index (χ2v) is 6.26. The highest BCUT2D eigenvalue weighted by Crippen LogP contribution is 2.27. The summed E-state index contributed by atoms with van der Waals surface area (Å²) >= 11 is 5.17. The molecule has 0 unspecified atom stereocenters. The van der Waals surface area contributed by atoms with E-state index in [0.29, 0.717) is 0 Å². The lowest BCUT2D eigenvalue weighted by atomic mass is 10.1. The molecule has 0 aliphatic heterocycles. The van der Waals surface area contributed by atoms with E-state index in [9.17, 15) is 4.79 Å². The van der Waals surface area contributed by atoms with Gasteiger partial charge in [0, 0.05) is 27.1 Å². The zero-order valence-corrected chi connectivity index (χ0v) is 13.4. The van der Waals surface area contributed by atoms with Crippen molar-refractivity contribution < 1.29 is 4.79 Å². The Morgan fingerprint density at radius 1 is 1.37 bits per heavy atom. The molecule has 0 atom stereocenters. The first-order valence-corrected chi connectivity index (χ1v) is 7.87. The van der Waals surface area contributed by atoms with Gasteiger partial charge >= 0.3 is 0 Å². The average molecular weight is 338 g/mol. The minimum absolute atomic E-state index is 0.0981. The Bertz CT molecular complexity index is 566. The highest BCUT2D eigenvalue weighted by molar-refractivity contribution is 9.10. The fourth-order valence-electron chi connectivity index (χ4n) is 2.02. The summed E-state index contributed by atoms with van der Waals surface area (Å²) in [5.41, 5.74) is 1.78. The Balaban J connectivity index is 2.35. The first-order chi connectivity index (χ1) is 9.11. The summed E-state index contributed by atoms with van der Waals surface area (Å²) in [6, 6.07) is 10.1. The topological polar surface area (TPSA) is 20.3 Å². The van der Waals surface area contributed by atoms with E-state index in [2.05, 4.69) is 45.3 Å². The Labute approximate surface area is 126 Å². The van der Waals surface area contributed by atoms with Crippen LogP contribution in [0.3, 0.4) is 0 Å². The number of nitrogens with zero attached hydrogens (tertiary/aromatic N) is 1. The number of Topliss-reactive ketones (excluding diaryl/α,β-unsaturated/α-hetero) is 1. The first-order valence-electron chi connectivity index (χ1n) is 6.19. The van der Waals surface area contributed by atoms with E-state index < -0.39 is 0 Å². The predicted octanol–water partition coefficient (Wildman–Crippen LogP) is 4.74. The van der Waals surface area contributed by atoms with Crippen LogP contribution >= 0.6 is 27.3 Å². The molecular formula is C15H16BrNOS. The summed E-state index contributed by atoms with van der Waals surface area (Å²) in [5.74, 6) is 0.0981. The van der Waals surface area contributed by atoms with E-state index in [1.165, 1.54) is 4.88 Å². The van der Waals surface area contributed by atoms with E-state index in [1.54, 1.807) is 18.3 Å². The lowest BCUT2D eigenvalue weighted by Crippen LogP contribution is -2.23. The molecule has 0 saturated carbocycles. The van der Waals surface area contributed by atoms with Crippen LogP contribution in [0.1, 0.15) is 29.1 Å². The number of hydrogen-bond acceptors (Lipinski definition) is 3. The second-order valence-electron chi connectivity index (χ2n) is 4.31. The third-order valence-electron chi connectivity index (χ3n) is 2.99. The minimum atomic E-state index is 0.0981. The van der Waals surface area contributed by atoms with Crippen molar-refractivity contribution in [2.75, 3.05) is 11.4 Å². The van der Waals surface area contributed by atoms with Crippen LogP contribution in [0.15, 0.2) is 40.2 Å². The second kappa shape index (κ2) is 6.35. The molecular weight excluding hydrogens is 322 g/mol. The quantitative estimate of drug-likeness (QED) is 0.734. The van der Waals surface area contributed by atoms with Gasteiger partial charge in [-0.15, -0.1) is 11.3 Å². The van der Waals surface area contributed by atoms with Crippen LogP contribution in [0.5, 0.6) is 0 Å². The molecule has 0 fully saturated rings. The van der Waals surface area contributed by atoms with Crippen LogP contribution in [-0.4, -0.2) is 12.3 Å². The molecule has 4 heteroatoms. The highest BCUT2D eigenvalue weighted by Gasteiger charge is 2.14. The Kier molecular flexibility index (Phi) is 4.77. The van der Waals surface area contributed by atoms with Gasteiger partial charge < -0.3 is 4.90 Å². The molecule has 0 radical (unpaired) electrons. The average Bonchev–Trinajstić information content (AvgIpc) is 2.89. The normalized spacial score (nSPS) is 10.5. The maximum atomic E-state index is 11.8. The summed E-state index contributed by atoms with van der Waals surface area (Å²) in [6.07, 6.45) is 0. The summed E-state index contributed by atoms with van der Waals surface area (Å²) in [4.78, 5) is 15.3. The number of anilines is 1. The van der Waals surface area contributed by atoms with Gasteiger partial charge in [0.15, 0.2) is 5.78 Å². The van der Waals surface area contributed by atoms with Gasteiger partial charge in [-0.2, -0.15) is 0 Å². The lowest BCUT2D eigenvalue weighted by Gasteiger charge is -2.24. The van der Waals surface area contributed by atoms with Gasteiger partial charge in [-0.1, -0.05) is 22.0 Å². The smallest absolute Gasteiger partial charge is 0.161 e. The number of benzene rings is 1. The first kappa shape index (κ1) is 14.3. The van der Waals surface area contributed by atoms with Crippen LogP contribution in [0, 0.1) is 0 Å². The van der Waals surface area contributed by atoms with Gasteiger partial charge in [-0.3, -0.25) is 4.79 Å². The Morgan fingerprint density at radius 3 is 2.74 bits per heavy atom. The van der Waals surface area contributed by atoms with Crippen molar-refractivity contribution in [1.82, 2.24) is 0 Å². The van der Waals surface area contributed by atoms with E-state index >= 15 is 0 Å². The Morgan fingerprint density at radius 2 is 2.16 bits per heavy atom. The van der Waals surface area contributed by atoms with Crippen LogP contribution < -0.4 is 4.90 Å². The predicted molar refractivity (Wildman–Crippen MR) is 85.2 cm³/mol. The molecule has 2 nitrogen and oxygen atoms in total. The molecule has 1 aromatic carbocycles.